The van der Waals surface area contributed by atoms with Crippen molar-refractivity contribution < 1.29 is 4.79 Å². The Bertz CT molecular complexity index is 608. The van der Waals surface area contributed by atoms with Crippen molar-refractivity contribution in [1.82, 2.24) is 15.2 Å². The van der Waals surface area contributed by atoms with Gasteiger partial charge in [0, 0.05) is 23.3 Å². The zero-order valence-corrected chi connectivity index (χ0v) is 15.3. The first-order chi connectivity index (χ1) is 11.1. The van der Waals surface area contributed by atoms with E-state index in [4.69, 9.17) is 0 Å². The van der Waals surface area contributed by atoms with Crippen LogP contribution >= 0.6 is 15.9 Å². The van der Waals surface area contributed by atoms with Gasteiger partial charge in [0.2, 0.25) is 0 Å². The Balaban J connectivity index is 2.01. The first-order valence-corrected chi connectivity index (χ1v) is 8.83. The molecule has 2 rings (SSSR count). The molecule has 5 heteroatoms. The molecule has 0 spiro atoms. The number of rotatable bonds is 8. The van der Waals surface area contributed by atoms with E-state index in [0.717, 1.165) is 24.0 Å². The number of hydrogen-bond donors (Lipinski definition) is 2. The molecule has 124 valence electrons. The number of H-pyrrole nitrogens is 1. The quantitative estimate of drug-likeness (QED) is 0.739. The Hall–Kier alpha value is -1.59. The molecule has 1 heterocycles. The van der Waals surface area contributed by atoms with E-state index < -0.39 is 0 Å². The third-order valence-corrected chi connectivity index (χ3v) is 4.49. The second kappa shape index (κ2) is 8.89. The molecule has 23 heavy (non-hydrogen) atoms. The smallest absolute Gasteiger partial charge is 0.267 e. The van der Waals surface area contributed by atoms with E-state index in [9.17, 15) is 4.79 Å². The maximum atomic E-state index is 12.2. The van der Waals surface area contributed by atoms with Crippen molar-refractivity contribution in [1.29, 1.82) is 0 Å². The summed E-state index contributed by atoms with van der Waals surface area (Å²) in [5, 5.41) is 3.05. The van der Waals surface area contributed by atoms with Crippen molar-refractivity contribution in [3.63, 3.8) is 0 Å². The summed E-state index contributed by atoms with van der Waals surface area (Å²) in [4.78, 5) is 17.6. The van der Waals surface area contributed by atoms with E-state index in [1.54, 1.807) is 12.3 Å². The predicted molar refractivity (Wildman–Crippen MR) is 97.7 cm³/mol. The van der Waals surface area contributed by atoms with E-state index in [2.05, 4.69) is 69.2 Å². The molecule has 2 aromatic rings. The van der Waals surface area contributed by atoms with Crippen LogP contribution in [0.15, 0.2) is 47.1 Å². The summed E-state index contributed by atoms with van der Waals surface area (Å²) in [5.41, 5.74) is 1.87. The fourth-order valence-corrected chi connectivity index (χ4v) is 3.10. The van der Waals surface area contributed by atoms with Gasteiger partial charge in [0.05, 0.1) is 0 Å². The van der Waals surface area contributed by atoms with Crippen molar-refractivity contribution in [3.05, 3.63) is 58.3 Å². The summed E-state index contributed by atoms with van der Waals surface area (Å²) < 4.78 is 0.882. The molecular formula is C18H24BrN3O. The average molecular weight is 378 g/mol. The van der Waals surface area contributed by atoms with Crippen LogP contribution in [-0.4, -0.2) is 41.5 Å². The predicted octanol–water partition coefficient (Wildman–Crippen LogP) is 3.46. The normalized spacial score (nSPS) is 12.3. The zero-order chi connectivity index (χ0) is 16.7. The average Bonchev–Trinajstić information content (AvgIpc) is 3.00. The number of hydrogen-bond acceptors (Lipinski definition) is 2. The van der Waals surface area contributed by atoms with Gasteiger partial charge in [-0.15, -0.1) is 0 Å². The molecule has 0 aliphatic heterocycles. The van der Waals surface area contributed by atoms with Crippen LogP contribution in [0, 0.1) is 0 Å². The number of amides is 1. The molecule has 1 atom stereocenters. The van der Waals surface area contributed by atoms with Gasteiger partial charge in [-0.05, 0) is 47.1 Å². The molecule has 2 N–H and O–H groups in total. The maximum absolute atomic E-state index is 12.2. The van der Waals surface area contributed by atoms with Crippen molar-refractivity contribution in [2.24, 2.45) is 0 Å². The standard InChI is InChI=1S/C18H24BrN3O/c1-3-22(4-2)16(10-14-8-6-5-7-9-14)13-21-18(23)17-11-15(19)12-20-17/h5-9,11-12,16,20H,3-4,10,13H2,1-2H3,(H,21,23). The van der Waals surface area contributed by atoms with Crippen LogP contribution in [0.5, 0.6) is 0 Å². The lowest BCUT2D eigenvalue weighted by Crippen LogP contribution is -2.45. The highest BCUT2D eigenvalue weighted by atomic mass is 79.9. The Morgan fingerprint density at radius 1 is 1.26 bits per heavy atom. The zero-order valence-electron chi connectivity index (χ0n) is 13.7. The van der Waals surface area contributed by atoms with Gasteiger partial charge in [-0.3, -0.25) is 9.69 Å². The van der Waals surface area contributed by atoms with E-state index in [-0.39, 0.29) is 11.9 Å². The van der Waals surface area contributed by atoms with Gasteiger partial charge in [0.15, 0.2) is 0 Å². The number of nitrogens with zero attached hydrogens (tertiary/aromatic N) is 1. The number of benzene rings is 1. The minimum Gasteiger partial charge on any atom is -0.356 e. The minimum atomic E-state index is -0.0686. The number of nitrogens with one attached hydrogen (secondary N) is 2. The van der Waals surface area contributed by atoms with Crippen LogP contribution in [-0.2, 0) is 6.42 Å². The van der Waals surface area contributed by atoms with Crippen LogP contribution < -0.4 is 5.32 Å². The molecule has 0 bridgehead atoms. The lowest BCUT2D eigenvalue weighted by Gasteiger charge is -2.30. The Labute approximate surface area is 146 Å². The molecule has 0 aliphatic rings. The lowest BCUT2D eigenvalue weighted by molar-refractivity contribution is 0.0930. The molecule has 0 saturated carbocycles. The highest BCUT2D eigenvalue weighted by molar-refractivity contribution is 9.10. The molecule has 4 nitrogen and oxygen atoms in total. The Morgan fingerprint density at radius 3 is 2.52 bits per heavy atom. The second-order valence-corrected chi connectivity index (χ2v) is 6.42. The van der Waals surface area contributed by atoms with Crippen molar-refractivity contribution in [2.75, 3.05) is 19.6 Å². The summed E-state index contributed by atoms with van der Waals surface area (Å²) in [6, 6.07) is 12.5. The SMILES string of the molecule is CCN(CC)C(CNC(=O)c1cc(Br)c[nH]1)Cc1ccccc1. The third kappa shape index (κ3) is 5.22. The molecule has 1 aromatic carbocycles. The van der Waals surface area contributed by atoms with Gasteiger partial charge in [0.25, 0.3) is 5.91 Å². The molecule has 0 aliphatic carbocycles. The highest BCUT2D eigenvalue weighted by Crippen LogP contribution is 2.11. The number of aromatic amines is 1. The number of halogens is 1. The van der Waals surface area contributed by atoms with E-state index >= 15 is 0 Å². The van der Waals surface area contributed by atoms with E-state index in [1.165, 1.54) is 5.56 Å². The van der Waals surface area contributed by atoms with Crippen LogP contribution in [0.1, 0.15) is 29.9 Å². The van der Waals surface area contributed by atoms with Crippen LogP contribution in [0.25, 0.3) is 0 Å². The Morgan fingerprint density at radius 2 is 1.96 bits per heavy atom. The molecule has 1 unspecified atom stereocenters. The van der Waals surface area contributed by atoms with Crippen LogP contribution in [0.2, 0.25) is 0 Å². The number of carbonyl (C=O) groups excluding carboxylic acids is 1. The summed E-state index contributed by atoms with van der Waals surface area (Å²) in [7, 11) is 0. The van der Waals surface area contributed by atoms with Crippen molar-refractivity contribution in [3.8, 4) is 0 Å². The van der Waals surface area contributed by atoms with Crippen LogP contribution in [0.3, 0.4) is 0 Å². The van der Waals surface area contributed by atoms with Crippen molar-refractivity contribution >= 4 is 21.8 Å². The fourth-order valence-electron chi connectivity index (χ4n) is 2.76. The summed E-state index contributed by atoms with van der Waals surface area (Å²) >= 11 is 3.35. The molecule has 0 saturated heterocycles. The van der Waals surface area contributed by atoms with Crippen molar-refractivity contribution in [2.45, 2.75) is 26.3 Å². The first kappa shape index (κ1) is 17.8. The number of carbonyl (C=O) groups is 1. The highest BCUT2D eigenvalue weighted by Gasteiger charge is 2.18. The summed E-state index contributed by atoms with van der Waals surface area (Å²) in [5.74, 6) is -0.0686. The maximum Gasteiger partial charge on any atom is 0.267 e. The van der Waals surface area contributed by atoms with E-state index in [1.807, 2.05) is 6.07 Å². The van der Waals surface area contributed by atoms with E-state index in [0.29, 0.717) is 12.2 Å². The third-order valence-electron chi connectivity index (χ3n) is 4.03. The van der Waals surface area contributed by atoms with Crippen LogP contribution in [0.4, 0.5) is 0 Å². The molecule has 0 radical (unpaired) electrons. The van der Waals surface area contributed by atoms with Gasteiger partial charge in [-0.25, -0.2) is 0 Å². The summed E-state index contributed by atoms with van der Waals surface area (Å²) in [6.07, 6.45) is 2.69. The first-order valence-electron chi connectivity index (χ1n) is 8.04. The largest absolute Gasteiger partial charge is 0.356 e. The topological polar surface area (TPSA) is 48.1 Å². The van der Waals surface area contributed by atoms with Gasteiger partial charge in [-0.2, -0.15) is 0 Å². The molecule has 1 amide bonds. The molecule has 0 fully saturated rings. The lowest BCUT2D eigenvalue weighted by atomic mass is 10.0. The number of aromatic nitrogens is 1. The fraction of sp³-hybridized carbons (Fsp3) is 0.389. The molecular weight excluding hydrogens is 354 g/mol. The number of likely N-dealkylation sites (N-methyl/N-ethyl adjacent to an activating group) is 1. The second-order valence-electron chi connectivity index (χ2n) is 5.51. The summed E-state index contributed by atoms with van der Waals surface area (Å²) in [6.45, 7) is 6.89. The van der Waals surface area contributed by atoms with Gasteiger partial charge in [-0.1, -0.05) is 44.2 Å². The van der Waals surface area contributed by atoms with Gasteiger partial charge < -0.3 is 10.3 Å². The Kier molecular flexibility index (Phi) is 6.86. The molecule has 1 aromatic heterocycles. The van der Waals surface area contributed by atoms with Gasteiger partial charge in [0.1, 0.15) is 5.69 Å². The monoisotopic (exact) mass is 377 g/mol. The van der Waals surface area contributed by atoms with Gasteiger partial charge >= 0.3 is 0 Å². The minimum absolute atomic E-state index is 0.0686.